The number of likely N-dealkylation sites (tertiary alicyclic amines) is 1. The fourth-order valence-electron chi connectivity index (χ4n) is 6.28. The lowest BCUT2D eigenvalue weighted by Crippen LogP contribution is -2.36. The standard InChI is InChI=1S/C30H31ClN7OP/c1-33-28-23-16-38(17-24(23)28)22-9-6-19-5-8-21(13-20(19)7-10-22)35-30-34-15-25(31)29(37-30)36-26-11-4-18(14-32)12-27(26)40(2,3)39/h4-5,8,11-13,15,22-24,28H,6-7,9-10,16-17H2,2-3H3,(H2,34,35,36,37)/t22-,23?,24?,28?/m1/s1. The predicted octanol–water partition coefficient (Wildman–Crippen LogP) is 5.83. The van der Waals surface area contributed by atoms with Crippen LogP contribution in [0.15, 0.2) is 42.6 Å². The molecule has 0 spiro atoms. The van der Waals surface area contributed by atoms with Crippen molar-refractivity contribution in [1.82, 2.24) is 14.9 Å². The lowest BCUT2D eigenvalue weighted by molar-refractivity contribution is 0.199. The van der Waals surface area contributed by atoms with E-state index in [1.807, 2.05) is 0 Å². The minimum atomic E-state index is -2.68. The number of nitrogens with one attached hydrogen (secondary N) is 2. The van der Waals surface area contributed by atoms with Crippen LogP contribution in [0.2, 0.25) is 5.02 Å². The summed E-state index contributed by atoms with van der Waals surface area (Å²) >= 11 is 6.43. The Morgan fingerprint density at radius 1 is 1.10 bits per heavy atom. The summed E-state index contributed by atoms with van der Waals surface area (Å²) < 4.78 is 12.9. The number of anilines is 4. The lowest BCUT2D eigenvalue weighted by Gasteiger charge is -2.27. The zero-order chi connectivity index (χ0) is 28.0. The van der Waals surface area contributed by atoms with Gasteiger partial charge in [-0.05, 0) is 80.5 Å². The van der Waals surface area contributed by atoms with E-state index in [0.29, 0.717) is 51.2 Å². The molecule has 2 aliphatic carbocycles. The van der Waals surface area contributed by atoms with Crippen molar-refractivity contribution in [2.24, 2.45) is 11.8 Å². The summed E-state index contributed by atoms with van der Waals surface area (Å²) in [5, 5.41) is 16.7. The van der Waals surface area contributed by atoms with Crippen molar-refractivity contribution < 1.29 is 4.57 Å². The van der Waals surface area contributed by atoms with Crippen molar-refractivity contribution in [2.45, 2.75) is 37.8 Å². The first-order chi connectivity index (χ1) is 19.2. The highest BCUT2D eigenvalue weighted by molar-refractivity contribution is 7.70. The molecule has 204 valence electrons. The van der Waals surface area contributed by atoms with E-state index in [0.717, 1.165) is 44.5 Å². The van der Waals surface area contributed by atoms with Crippen LogP contribution < -0.4 is 15.9 Å². The van der Waals surface area contributed by atoms with Gasteiger partial charge in [0.05, 0.1) is 35.4 Å². The molecular formula is C30H31ClN7OP. The molecule has 0 radical (unpaired) electrons. The van der Waals surface area contributed by atoms with Crippen LogP contribution in [0.25, 0.3) is 4.85 Å². The number of rotatable bonds is 6. The maximum atomic E-state index is 12.9. The van der Waals surface area contributed by atoms with Crippen molar-refractivity contribution in [3.8, 4) is 6.07 Å². The first-order valence-corrected chi connectivity index (χ1v) is 16.6. The van der Waals surface area contributed by atoms with Crippen LogP contribution in [0, 0.1) is 29.7 Å². The van der Waals surface area contributed by atoms with Crippen LogP contribution in [-0.4, -0.2) is 53.4 Å². The van der Waals surface area contributed by atoms with Gasteiger partial charge in [-0.25, -0.2) is 11.6 Å². The van der Waals surface area contributed by atoms with Crippen molar-refractivity contribution in [2.75, 3.05) is 37.1 Å². The van der Waals surface area contributed by atoms with Crippen LogP contribution in [0.4, 0.5) is 23.1 Å². The highest BCUT2D eigenvalue weighted by Crippen LogP contribution is 2.49. The van der Waals surface area contributed by atoms with Crippen LogP contribution in [-0.2, 0) is 17.4 Å². The number of hydrogen-bond acceptors (Lipinski definition) is 7. The Kier molecular flexibility index (Phi) is 7.05. The number of halogens is 1. The van der Waals surface area contributed by atoms with Crippen molar-refractivity contribution in [1.29, 1.82) is 5.26 Å². The van der Waals surface area contributed by atoms with Crippen molar-refractivity contribution in [3.63, 3.8) is 0 Å². The van der Waals surface area contributed by atoms with E-state index >= 15 is 0 Å². The largest absolute Gasteiger partial charge is 0.338 e. The minimum Gasteiger partial charge on any atom is -0.338 e. The molecule has 2 unspecified atom stereocenters. The molecule has 10 heteroatoms. The maximum absolute atomic E-state index is 12.9. The normalized spacial score (nSPS) is 23.7. The van der Waals surface area contributed by atoms with Crippen molar-refractivity contribution >= 4 is 47.2 Å². The van der Waals surface area contributed by atoms with E-state index in [1.165, 1.54) is 17.3 Å². The molecule has 2 heterocycles. The molecule has 8 nitrogen and oxygen atoms in total. The first kappa shape index (κ1) is 26.8. The summed E-state index contributed by atoms with van der Waals surface area (Å²) in [7, 11) is -2.68. The first-order valence-electron chi connectivity index (χ1n) is 13.6. The molecule has 2 fully saturated rings. The van der Waals surface area contributed by atoms with Gasteiger partial charge < -0.3 is 20.0 Å². The number of fused-ring (bicyclic) bond motifs is 2. The Morgan fingerprint density at radius 2 is 1.85 bits per heavy atom. The molecule has 3 aromatic rings. The maximum Gasteiger partial charge on any atom is 0.232 e. The minimum absolute atomic E-state index is 0.282. The summed E-state index contributed by atoms with van der Waals surface area (Å²) in [6.45, 7) is 12.9. The smallest absolute Gasteiger partial charge is 0.232 e. The predicted molar refractivity (Wildman–Crippen MR) is 160 cm³/mol. The van der Waals surface area contributed by atoms with Crippen molar-refractivity contribution in [3.05, 3.63) is 75.7 Å². The monoisotopic (exact) mass is 571 g/mol. The Labute approximate surface area is 240 Å². The second kappa shape index (κ2) is 10.5. The highest BCUT2D eigenvalue weighted by atomic mass is 35.5. The molecular weight excluding hydrogens is 541 g/mol. The zero-order valence-corrected chi connectivity index (χ0v) is 24.2. The van der Waals surface area contributed by atoms with Crippen LogP contribution in [0.5, 0.6) is 0 Å². The van der Waals surface area contributed by atoms with Crippen LogP contribution in [0.3, 0.4) is 0 Å². The molecule has 1 aliphatic heterocycles. The van der Waals surface area contributed by atoms with Gasteiger partial charge in [-0.3, -0.25) is 4.90 Å². The summed E-state index contributed by atoms with van der Waals surface area (Å²) in [6, 6.07) is 14.5. The number of hydrogen-bond donors (Lipinski definition) is 2. The fourth-order valence-corrected chi connectivity index (χ4v) is 7.57. The average Bonchev–Trinajstić information content (AvgIpc) is 3.50. The van der Waals surface area contributed by atoms with Gasteiger partial charge in [0.15, 0.2) is 5.82 Å². The summed E-state index contributed by atoms with van der Waals surface area (Å²) in [5.74, 6) is 2.00. The number of aryl methyl sites for hydroxylation is 2. The molecule has 1 saturated carbocycles. The number of benzene rings is 2. The summed E-state index contributed by atoms with van der Waals surface area (Å²) in [4.78, 5) is 15.4. The second-order valence-electron chi connectivity index (χ2n) is 11.5. The average molecular weight is 572 g/mol. The van der Waals surface area contributed by atoms with E-state index in [9.17, 15) is 9.83 Å². The third-order valence-corrected chi connectivity index (χ3v) is 10.3. The van der Waals surface area contributed by atoms with Gasteiger partial charge in [-0.1, -0.05) is 17.7 Å². The molecule has 1 saturated heterocycles. The molecule has 3 atom stereocenters. The van der Waals surface area contributed by atoms with Gasteiger partial charge >= 0.3 is 0 Å². The summed E-state index contributed by atoms with van der Waals surface area (Å²) in [6.07, 6.45) is 5.92. The second-order valence-corrected chi connectivity index (χ2v) is 15.0. The van der Waals surface area contributed by atoms with Crippen LogP contribution in [0.1, 0.15) is 29.5 Å². The van der Waals surface area contributed by atoms with Gasteiger partial charge in [0.2, 0.25) is 12.0 Å². The molecule has 6 rings (SSSR count). The Balaban J connectivity index is 1.16. The van der Waals surface area contributed by atoms with Gasteiger partial charge in [0, 0.05) is 30.1 Å². The van der Waals surface area contributed by atoms with Gasteiger partial charge in [-0.2, -0.15) is 10.2 Å². The number of nitrogens with zero attached hydrogens (tertiary/aromatic N) is 5. The summed E-state index contributed by atoms with van der Waals surface area (Å²) in [5.41, 5.74) is 4.71. The molecule has 40 heavy (non-hydrogen) atoms. The van der Waals surface area contributed by atoms with Crippen LogP contribution >= 0.6 is 18.7 Å². The third kappa shape index (κ3) is 5.32. The molecule has 1 aromatic heterocycles. The lowest BCUT2D eigenvalue weighted by atomic mass is 10.0. The number of aromatic nitrogens is 2. The Hall–Kier alpha value is -3.42. The van der Waals surface area contributed by atoms with Gasteiger partial charge in [0.25, 0.3) is 0 Å². The van der Waals surface area contributed by atoms with E-state index < -0.39 is 7.14 Å². The Bertz CT molecular complexity index is 1590. The molecule has 2 N–H and O–H groups in total. The third-order valence-electron chi connectivity index (χ3n) is 8.50. The van der Waals surface area contributed by atoms with E-state index in [2.05, 4.69) is 54.6 Å². The topological polar surface area (TPSA) is 98.3 Å². The van der Waals surface area contributed by atoms with Gasteiger partial charge in [-0.15, -0.1) is 0 Å². The van der Waals surface area contributed by atoms with E-state index in [-0.39, 0.29) is 6.04 Å². The number of piperidine rings is 1. The van der Waals surface area contributed by atoms with E-state index in [1.54, 1.807) is 31.5 Å². The highest BCUT2D eigenvalue weighted by Gasteiger charge is 2.62. The molecule has 0 bridgehead atoms. The zero-order valence-electron chi connectivity index (χ0n) is 22.6. The fraction of sp³-hybridized carbons (Fsp3) is 0.400. The number of nitriles is 1. The SMILES string of the molecule is [C-]#[N+]C1C2CN([C@@H]3CCc4ccc(Nc5ncc(Cl)c(Nc6ccc(C#N)cc6P(C)(C)=O)n5)cc4CC3)CC21. The quantitative estimate of drug-likeness (QED) is 0.218. The van der Waals surface area contributed by atoms with E-state index in [4.69, 9.17) is 18.2 Å². The molecule has 0 amide bonds. The molecule has 3 aliphatic rings. The molecule has 2 aromatic carbocycles. The van der Waals surface area contributed by atoms with Gasteiger partial charge in [0.1, 0.15) is 12.2 Å². The Morgan fingerprint density at radius 3 is 2.55 bits per heavy atom.